The van der Waals surface area contributed by atoms with Crippen molar-refractivity contribution in [1.29, 1.82) is 0 Å². The van der Waals surface area contributed by atoms with Gasteiger partial charge >= 0.3 is 0 Å². The number of hydrogen-bond donors (Lipinski definition) is 0. The van der Waals surface area contributed by atoms with E-state index in [0.29, 0.717) is 5.92 Å². The van der Waals surface area contributed by atoms with Gasteiger partial charge in [0.1, 0.15) is 0 Å². The lowest BCUT2D eigenvalue weighted by molar-refractivity contribution is 0.578. The first-order chi connectivity index (χ1) is 6.33. The Bertz CT molecular complexity index is 251. The highest BCUT2D eigenvalue weighted by atomic mass is 14.7. The average molecular weight is 175 g/mol. The Morgan fingerprint density at radius 3 is 2.62 bits per heavy atom. The largest absolute Gasteiger partial charge is 0.292 e. The number of aliphatic imine (C=N–C) groups is 1. The van der Waals surface area contributed by atoms with Crippen molar-refractivity contribution < 1.29 is 0 Å². The molecule has 0 radical (unpaired) electrons. The molecule has 0 amide bonds. The minimum absolute atomic E-state index is 0.694. The molecule has 0 aliphatic rings. The highest BCUT2D eigenvalue weighted by molar-refractivity contribution is 5.79. The number of rotatable bonds is 4. The zero-order chi connectivity index (χ0) is 9.52. The van der Waals surface area contributed by atoms with E-state index in [9.17, 15) is 0 Å². The second-order valence-electron chi connectivity index (χ2n) is 3.42. The van der Waals surface area contributed by atoms with E-state index in [1.54, 1.807) is 0 Å². The topological polar surface area (TPSA) is 12.4 Å². The lowest BCUT2D eigenvalue weighted by Crippen LogP contribution is -1.96. The average Bonchev–Trinajstić information content (AvgIpc) is 2.19. The summed E-state index contributed by atoms with van der Waals surface area (Å²) < 4.78 is 0. The molecule has 0 saturated heterocycles. The molecule has 0 aliphatic carbocycles. The van der Waals surface area contributed by atoms with E-state index in [1.165, 1.54) is 12.0 Å². The van der Waals surface area contributed by atoms with Gasteiger partial charge in [-0.1, -0.05) is 50.6 Å². The quantitative estimate of drug-likeness (QED) is 0.623. The van der Waals surface area contributed by atoms with Gasteiger partial charge in [0.2, 0.25) is 0 Å². The van der Waals surface area contributed by atoms with Gasteiger partial charge in [0.25, 0.3) is 0 Å². The summed E-state index contributed by atoms with van der Waals surface area (Å²) in [7, 11) is 0. The summed E-state index contributed by atoms with van der Waals surface area (Å²) in [5.74, 6) is 0.694. The molecule has 0 aromatic heterocycles. The Kier molecular flexibility index (Phi) is 4.24. The van der Waals surface area contributed by atoms with Crippen molar-refractivity contribution in [2.45, 2.75) is 20.3 Å². The van der Waals surface area contributed by atoms with Crippen LogP contribution in [0.5, 0.6) is 0 Å². The highest BCUT2D eigenvalue weighted by Crippen LogP contribution is 2.00. The minimum atomic E-state index is 0.694. The van der Waals surface area contributed by atoms with Crippen LogP contribution in [0.1, 0.15) is 25.8 Å². The Labute approximate surface area is 80.5 Å². The minimum Gasteiger partial charge on any atom is -0.292 e. The smallest absolute Gasteiger partial charge is 0.0415 e. The molecule has 0 spiro atoms. The van der Waals surface area contributed by atoms with Crippen LogP contribution >= 0.6 is 0 Å². The van der Waals surface area contributed by atoms with E-state index in [4.69, 9.17) is 0 Å². The zero-order valence-corrected chi connectivity index (χ0v) is 8.40. The lowest BCUT2D eigenvalue weighted by Gasteiger charge is -2.01. The summed E-state index contributed by atoms with van der Waals surface area (Å²) in [6.07, 6.45) is 3.15. The fourth-order valence-corrected chi connectivity index (χ4v) is 1.01. The van der Waals surface area contributed by atoms with Gasteiger partial charge in [-0.2, -0.15) is 0 Å². The number of benzene rings is 1. The van der Waals surface area contributed by atoms with Crippen LogP contribution in [0.2, 0.25) is 0 Å². The van der Waals surface area contributed by atoms with E-state index >= 15 is 0 Å². The first-order valence-electron chi connectivity index (χ1n) is 4.87. The second-order valence-corrected chi connectivity index (χ2v) is 3.42. The van der Waals surface area contributed by atoms with Gasteiger partial charge in [-0.3, -0.25) is 4.99 Å². The summed E-state index contributed by atoms with van der Waals surface area (Å²) in [5.41, 5.74) is 1.19. The van der Waals surface area contributed by atoms with Gasteiger partial charge in [0.15, 0.2) is 0 Å². The Hall–Kier alpha value is -1.11. The normalized spacial score (nSPS) is 13.4. The highest BCUT2D eigenvalue weighted by Gasteiger charge is 1.93. The van der Waals surface area contributed by atoms with E-state index in [0.717, 1.165) is 6.54 Å². The van der Waals surface area contributed by atoms with Crippen LogP contribution in [0.25, 0.3) is 0 Å². The molecule has 0 bridgehead atoms. The van der Waals surface area contributed by atoms with Crippen LogP contribution in [0.4, 0.5) is 0 Å². The molecule has 1 nitrogen and oxygen atoms in total. The summed E-state index contributed by atoms with van der Waals surface area (Å²) in [6.45, 7) is 5.36. The monoisotopic (exact) mass is 175 g/mol. The molecule has 1 heteroatoms. The molecule has 0 fully saturated rings. The molecule has 0 saturated carbocycles. The Morgan fingerprint density at radius 1 is 1.31 bits per heavy atom. The molecule has 1 aromatic rings. The maximum Gasteiger partial charge on any atom is 0.0415 e. The summed E-state index contributed by atoms with van der Waals surface area (Å²) in [5, 5.41) is 0. The van der Waals surface area contributed by atoms with Crippen LogP contribution in [-0.4, -0.2) is 12.8 Å². The van der Waals surface area contributed by atoms with Crippen molar-refractivity contribution in [3.63, 3.8) is 0 Å². The van der Waals surface area contributed by atoms with Gasteiger partial charge in [-0.25, -0.2) is 0 Å². The van der Waals surface area contributed by atoms with Crippen molar-refractivity contribution >= 4 is 6.21 Å². The molecule has 0 aliphatic heterocycles. The molecule has 0 unspecified atom stereocenters. The maximum atomic E-state index is 4.39. The number of nitrogens with zero attached hydrogens (tertiary/aromatic N) is 1. The van der Waals surface area contributed by atoms with Gasteiger partial charge < -0.3 is 0 Å². The van der Waals surface area contributed by atoms with Crippen molar-refractivity contribution in [2.75, 3.05) is 6.54 Å². The first-order valence-corrected chi connectivity index (χ1v) is 4.87. The Morgan fingerprint density at radius 2 is 2.00 bits per heavy atom. The summed E-state index contributed by atoms with van der Waals surface area (Å²) in [6, 6.07) is 10.2. The van der Waals surface area contributed by atoms with Crippen LogP contribution in [-0.2, 0) is 0 Å². The Balaban J connectivity index is 2.41. The molecular weight excluding hydrogens is 158 g/mol. The van der Waals surface area contributed by atoms with E-state index in [1.807, 2.05) is 24.4 Å². The van der Waals surface area contributed by atoms with E-state index < -0.39 is 0 Å². The molecule has 1 aromatic carbocycles. The third-order valence-corrected chi connectivity index (χ3v) is 2.15. The third-order valence-electron chi connectivity index (χ3n) is 2.15. The lowest BCUT2D eigenvalue weighted by atomic mass is 10.1. The van der Waals surface area contributed by atoms with Crippen molar-refractivity contribution in [3.05, 3.63) is 35.9 Å². The summed E-state index contributed by atoms with van der Waals surface area (Å²) in [4.78, 5) is 4.39. The fraction of sp³-hybridized carbons (Fsp3) is 0.417. The van der Waals surface area contributed by atoms with Crippen LogP contribution in [0.15, 0.2) is 35.3 Å². The summed E-state index contributed by atoms with van der Waals surface area (Å²) >= 11 is 0. The van der Waals surface area contributed by atoms with Crippen LogP contribution < -0.4 is 0 Å². The molecule has 1 rings (SSSR count). The molecule has 0 heterocycles. The molecule has 13 heavy (non-hydrogen) atoms. The molecule has 0 N–H and O–H groups in total. The molecule has 1 atom stereocenters. The first kappa shape index (κ1) is 9.97. The van der Waals surface area contributed by atoms with E-state index in [-0.39, 0.29) is 0 Å². The van der Waals surface area contributed by atoms with E-state index in [2.05, 4.69) is 31.0 Å². The number of hydrogen-bond acceptors (Lipinski definition) is 1. The van der Waals surface area contributed by atoms with Gasteiger partial charge in [-0.05, 0) is 11.5 Å². The molecular formula is C12H17N. The van der Waals surface area contributed by atoms with Crippen molar-refractivity contribution in [1.82, 2.24) is 0 Å². The molecule has 70 valence electrons. The van der Waals surface area contributed by atoms with Crippen molar-refractivity contribution in [2.24, 2.45) is 10.9 Å². The standard InChI is InChI=1S/C12H17N/c1-3-11(2)9-13-10-12-7-5-4-6-8-12/h4-8,10-11H,3,9H2,1-2H3/t11-/m0/s1. The maximum absolute atomic E-state index is 4.39. The van der Waals surface area contributed by atoms with Crippen molar-refractivity contribution in [3.8, 4) is 0 Å². The predicted molar refractivity (Wildman–Crippen MR) is 58.4 cm³/mol. The SMILES string of the molecule is CC[C@H](C)CN=Cc1ccccc1. The fourth-order valence-electron chi connectivity index (χ4n) is 1.01. The van der Waals surface area contributed by atoms with Crippen LogP contribution in [0, 0.1) is 5.92 Å². The predicted octanol–water partition coefficient (Wildman–Crippen LogP) is 3.15. The van der Waals surface area contributed by atoms with Gasteiger partial charge in [0, 0.05) is 12.8 Å². The third kappa shape index (κ3) is 3.88. The van der Waals surface area contributed by atoms with Gasteiger partial charge in [-0.15, -0.1) is 0 Å². The van der Waals surface area contributed by atoms with Gasteiger partial charge in [0.05, 0.1) is 0 Å². The second kappa shape index (κ2) is 5.52. The zero-order valence-electron chi connectivity index (χ0n) is 8.40. The van der Waals surface area contributed by atoms with Crippen LogP contribution in [0.3, 0.4) is 0 Å².